The van der Waals surface area contributed by atoms with E-state index in [0.717, 1.165) is 11.1 Å². The molecule has 146 valence electrons. The molecule has 0 unspecified atom stereocenters. The number of thiophene rings is 1. The van der Waals surface area contributed by atoms with Gasteiger partial charge in [-0.1, -0.05) is 29.8 Å². The van der Waals surface area contributed by atoms with E-state index in [4.69, 9.17) is 4.74 Å². The normalized spacial score (nSPS) is 19.9. The number of carbonyl (C=O) groups is 1. The monoisotopic (exact) mass is 397 g/mol. The maximum Gasteiger partial charge on any atom is 0.263 e. The van der Waals surface area contributed by atoms with E-state index in [-0.39, 0.29) is 30.2 Å². The standard InChI is InChI=1S/C21H23N3O3S/c1-13-4-6-16(7-5-13)17-11-28-20-19(17)21(26)24(12-22-20)10-18(25)23-8-14(2)27-15(3)9-23/h4-7,11-12,14-15H,8-10H2,1-3H3/t14-,15-/m0/s1. The van der Waals surface area contributed by atoms with Gasteiger partial charge < -0.3 is 9.64 Å². The zero-order chi connectivity index (χ0) is 19.8. The van der Waals surface area contributed by atoms with Crippen molar-refractivity contribution in [2.75, 3.05) is 13.1 Å². The molecule has 0 bridgehead atoms. The van der Waals surface area contributed by atoms with E-state index in [1.807, 2.05) is 50.4 Å². The summed E-state index contributed by atoms with van der Waals surface area (Å²) < 4.78 is 7.10. The number of fused-ring (bicyclic) bond motifs is 1. The molecule has 2 aromatic heterocycles. The molecule has 0 spiro atoms. The van der Waals surface area contributed by atoms with Gasteiger partial charge in [0.1, 0.15) is 11.4 Å². The van der Waals surface area contributed by atoms with Gasteiger partial charge in [0.05, 0.1) is 23.9 Å². The number of hydrogen-bond donors (Lipinski definition) is 0. The van der Waals surface area contributed by atoms with Crippen molar-refractivity contribution in [2.24, 2.45) is 0 Å². The van der Waals surface area contributed by atoms with E-state index >= 15 is 0 Å². The second-order valence-electron chi connectivity index (χ2n) is 7.43. The summed E-state index contributed by atoms with van der Waals surface area (Å²) in [6, 6.07) is 8.07. The Balaban J connectivity index is 1.66. The Labute approximate surface area is 167 Å². The van der Waals surface area contributed by atoms with Crippen LogP contribution >= 0.6 is 11.3 Å². The quantitative estimate of drug-likeness (QED) is 0.681. The number of aryl methyl sites for hydroxylation is 1. The van der Waals surface area contributed by atoms with Crippen LogP contribution in [0.5, 0.6) is 0 Å². The molecular weight excluding hydrogens is 374 g/mol. The number of nitrogens with zero attached hydrogens (tertiary/aromatic N) is 3. The highest BCUT2D eigenvalue weighted by atomic mass is 32.1. The van der Waals surface area contributed by atoms with E-state index in [2.05, 4.69) is 4.98 Å². The van der Waals surface area contributed by atoms with Crippen LogP contribution in [0.25, 0.3) is 21.3 Å². The van der Waals surface area contributed by atoms with Crippen molar-refractivity contribution in [2.45, 2.75) is 39.5 Å². The second-order valence-corrected chi connectivity index (χ2v) is 8.29. The largest absolute Gasteiger partial charge is 0.372 e. The predicted octanol–water partition coefficient (Wildman–Crippen LogP) is 3.07. The van der Waals surface area contributed by atoms with E-state index in [1.165, 1.54) is 27.8 Å². The number of ether oxygens (including phenoxy) is 1. The highest BCUT2D eigenvalue weighted by molar-refractivity contribution is 7.17. The average Bonchev–Trinajstić information content (AvgIpc) is 3.08. The topological polar surface area (TPSA) is 64.4 Å². The molecular formula is C21H23N3O3S. The average molecular weight is 398 g/mol. The molecule has 1 saturated heterocycles. The number of benzene rings is 1. The molecule has 1 aromatic carbocycles. The highest BCUT2D eigenvalue weighted by Gasteiger charge is 2.26. The summed E-state index contributed by atoms with van der Waals surface area (Å²) in [6.07, 6.45) is 1.47. The summed E-state index contributed by atoms with van der Waals surface area (Å²) in [5.41, 5.74) is 2.84. The van der Waals surface area contributed by atoms with Crippen molar-refractivity contribution in [1.29, 1.82) is 0 Å². The number of aromatic nitrogens is 2. The van der Waals surface area contributed by atoms with Crippen LogP contribution in [0.15, 0.2) is 40.8 Å². The Morgan fingerprint density at radius 3 is 2.57 bits per heavy atom. The van der Waals surface area contributed by atoms with Gasteiger partial charge in [-0.05, 0) is 26.3 Å². The van der Waals surface area contributed by atoms with Gasteiger partial charge in [-0.3, -0.25) is 14.2 Å². The van der Waals surface area contributed by atoms with E-state index in [9.17, 15) is 9.59 Å². The molecule has 1 amide bonds. The Bertz CT molecular complexity index is 1060. The van der Waals surface area contributed by atoms with Gasteiger partial charge in [-0.25, -0.2) is 4.98 Å². The molecule has 3 heterocycles. The minimum Gasteiger partial charge on any atom is -0.372 e. The van der Waals surface area contributed by atoms with E-state index < -0.39 is 0 Å². The van der Waals surface area contributed by atoms with Gasteiger partial charge in [0, 0.05) is 24.0 Å². The first-order chi connectivity index (χ1) is 13.4. The number of carbonyl (C=O) groups excluding carboxylic acids is 1. The molecule has 28 heavy (non-hydrogen) atoms. The lowest BCUT2D eigenvalue weighted by Gasteiger charge is -2.35. The molecule has 4 rings (SSSR count). The van der Waals surface area contributed by atoms with Crippen molar-refractivity contribution in [3.63, 3.8) is 0 Å². The van der Waals surface area contributed by atoms with E-state index in [0.29, 0.717) is 23.3 Å². The molecule has 3 aromatic rings. The third kappa shape index (κ3) is 3.59. The molecule has 0 radical (unpaired) electrons. The smallest absolute Gasteiger partial charge is 0.263 e. The predicted molar refractivity (Wildman–Crippen MR) is 111 cm³/mol. The summed E-state index contributed by atoms with van der Waals surface area (Å²) >= 11 is 1.45. The summed E-state index contributed by atoms with van der Waals surface area (Å²) in [7, 11) is 0. The van der Waals surface area contributed by atoms with Crippen molar-refractivity contribution in [3.05, 3.63) is 51.9 Å². The lowest BCUT2D eigenvalue weighted by atomic mass is 10.1. The molecule has 0 N–H and O–H groups in total. The van der Waals surface area contributed by atoms with Gasteiger partial charge in [-0.2, -0.15) is 0 Å². The molecule has 1 aliphatic heterocycles. The maximum atomic E-state index is 13.1. The molecule has 1 aliphatic rings. The molecule has 2 atom stereocenters. The fourth-order valence-corrected chi connectivity index (χ4v) is 4.56. The first-order valence-electron chi connectivity index (χ1n) is 9.39. The Morgan fingerprint density at radius 1 is 1.21 bits per heavy atom. The van der Waals surface area contributed by atoms with Gasteiger partial charge in [0.25, 0.3) is 5.56 Å². The van der Waals surface area contributed by atoms with Crippen molar-refractivity contribution >= 4 is 27.5 Å². The fourth-order valence-electron chi connectivity index (χ4n) is 3.65. The maximum absolute atomic E-state index is 13.1. The van der Waals surface area contributed by atoms with E-state index in [1.54, 1.807) is 4.90 Å². The van der Waals surface area contributed by atoms with Crippen LogP contribution in [-0.4, -0.2) is 45.7 Å². The zero-order valence-electron chi connectivity index (χ0n) is 16.2. The molecule has 1 fully saturated rings. The third-order valence-electron chi connectivity index (χ3n) is 5.00. The highest BCUT2D eigenvalue weighted by Crippen LogP contribution is 2.30. The van der Waals surface area contributed by atoms with Crippen LogP contribution in [0.2, 0.25) is 0 Å². The van der Waals surface area contributed by atoms with Gasteiger partial charge in [-0.15, -0.1) is 11.3 Å². The van der Waals surface area contributed by atoms with Crippen LogP contribution < -0.4 is 5.56 Å². The summed E-state index contributed by atoms with van der Waals surface area (Å²) in [5.74, 6) is -0.0858. The molecule has 6 nitrogen and oxygen atoms in total. The summed E-state index contributed by atoms with van der Waals surface area (Å²) in [5, 5.41) is 2.54. The van der Waals surface area contributed by atoms with Gasteiger partial charge in [0.2, 0.25) is 5.91 Å². The molecule has 7 heteroatoms. The van der Waals surface area contributed by atoms with Crippen LogP contribution in [0.4, 0.5) is 0 Å². The second kappa shape index (κ2) is 7.48. The van der Waals surface area contributed by atoms with Crippen molar-refractivity contribution in [1.82, 2.24) is 14.5 Å². The van der Waals surface area contributed by atoms with Crippen LogP contribution in [-0.2, 0) is 16.1 Å². The zero-order valence-corrected chi connectivity index (χ0v) is 17.0. The lowest BCUT2D eigenvalue weighted by Crippen LogP contribution is -2.49. The summed E-state index contributed by atoms with van der Waals surface area (Å²) in [6.45, 7) is 7.01. The first kappa shape index (κ1) is 18.8. The minimum atomic E-state index is -0.176. The number of hydrogen-bond acceptors (Lipinski definition) is 5. The van der Waals surface area contributed by atoms with Gasteiger partial charge >= 0.3 is 0 Å². The molecule has 0 aliphatic carbocycles. The Hall–Kier alpha value is -2.51. The molecule has 0 saturated carbocycles. The number of rotatable bonds is 3. The minimum absolute atomic E-state index is 0.00459. The van der Waals surface area contributed by atoms with Gasteiger partial charge in [0.15, 0.2) is 0 Å². The SMILES string of the molecule is Cc1ccc(-c2csc3ncn(CC(=O)N4C[C@H](C)O[C@@H](C)C4)c(=O)c23)cc1. The fraction of sp³-hybridized carbons (Fsp3) is 0.381. The Morgan fingerprint density at radius 2 is 1.89 bits per heavy atom. The summed E-state index contributed by atoms with van der Waals surface area (Å²) in [4.78, 5) is 32.8. The van der Waals surface area contributed by atoms with Crippen LogP contribution in [0.1, 0.15) is 19.4 Å². The third-order valence-corrected chi connectivity index (χ3v) is 5.89. The van der Waals surface area contributed by atoms with Crippen LogP contribution in [0.3, 0.4) is 0 Å². The Kier molecular flexibility index (Phi) is 5.03. The van der Waals surface area contributed by atoms with Crippen molar-refractivity contribution < 1.29 is 9.53 Å². The lowest BCUT2D eigenvalue weighted by molar-refractivity contribution is -0.143. The first-order valence-corrected chi connectivity index (χ1v) is 10.3. The van der Waals surface area contributed by atoms with Crippen molar-refractivity contribution in [3.8, 4) is 11.1 Å². The van der Waals surface area contributed by atoms with Crippen LogP contribution in [0, 0.1) is 6.92 Å². The number of morpholine rings is 1. The number of amides is 1.